The number of rotatable bonds is 5. The van der Waals surface area contributed by atoms with E-state index in [4.69, 9.17) is 5.26 Å². The fourth-order valence-corrected chi connectivity index (χ4v) is 1.90. The van der Waals surface area contributed by atoms with Gasteiger partial charge in [0.15, 0.2) is 5.82 Å². The molecule has 108 valence electrons. The van der Waals surface area contributed by atoms with E-state index in [0.29, 0.717) is 18.1 Å². The van der Waals surface area contributed by atoms with Gasteiger partial charge in [-0.25, -0.2) is 0 Å². The van der Waals surface area contributed by atoms with E-state index in [1.165, 1.54) is 18.2 Å². The van der Waals surface area contributed by atoms with Crippen LogP contribution in [0.2, 0.25) is 0 Å². The summed E-state index contributed by atoms with van der Waals surface area (Å²) in [7, 11) is 0. The highest BCUT2D eigenvalue weighted by Gasteiger charge is 2.15. The van der Waals surface area contributed by atoms with Crippen molar-refractivity contribution < 1.29 is 4.92 Å². The number of anilines is 1. The second kappa shape index (κ2) is 6.00. The first-order chi connectivity index (χ1) is 10.0. The van der Waals surface area contributed by atoms with E-state index in [-0.39, 0.29) is 17.3 Å². The molecule has 0 amide bonds. The van der Waals surface area contributed by atoms with Gasteiger partial charge in [-0.1, -0.05) is 0 Å². The van der Waals surface area contributed by atoms with Gasteiger partial charge in [-0.3, -0.25) is 10.1 Å². The normalized spacial score (nSPS) is 10.4. The fraction of sp³-hybridized carbons (Fsp3) is 0.308. The predicted octanol–water partition coefficient (Wildman–Crippen LogP) is 2.25. The summed E-state index contributed by atoms with van der Waals surface area (Å²) in [6, 6.07) is 6.38. The molecule has 2 aromatic rings. The van der Waals surface area contributed by atoms with Gasteiger partial charge in [0.1, 0.15) is 12.0 Å². The average Bonchev–Trinajstić information content (AvgIpc) is 2.93. The molecule has 0 radical (unpaired) electrons. The molecule has 0 spiro atoms. The Hall–Kier alpha value is -2.95. The molecule has 1 heterocycles. The van der Waals surface area contributed by atoms with Crippen molar-refractivity contribution in [3.05, 3.63) is 46.0 Å². The van der Waals surface area contributed by atoms with E-state index in [0.717, 1.165) is 0 Å². The van der Waals surface area contributed by atoms with E-state index in [1.807, 2.05) is 24.5 Å². The molecule has 1 N–H and O–H groups in total. The lowest BCUT2D eigenvalue weighted by atomic mass is 10.2. The second-order valence-electron chi connectivity index (χ2n) is 4.70. The van der Waals surface area contributed by atoms with Crippen LogP contribution in [0.1, 0.15) is 31.3 Å². The zero-order chi connectivity index (χ0) is 15.4. The van der Waals surface area contributed by atoms with Crippen molar-refractivity contribution in [2.75, 3.05) is 5.32 Å². The Kier molecular flexibility index (Phi) is 4.13. The quantitative estimate of drug-likeness (QED) is 0.666. The molecule has 0 aliphatic heterocycles. The van der Waals surface area contributed by atoms with E-state index in [1.54, 1.807) is 6.33 Å². The molecule has 0 unspecified atom stereocenters. The standard InChI is InChI=1S/C13H14N6O2/c1-9(2)18-8-16-17-13(18)7-15-11-4-3-10(6-14)5-12(11)19(20)21/h3-5,8-9,15H,7H2,1-2H3. The summed E-state index contributed by atoms with van der Waals surface area (Å²) in [6.45, 7) is 4.30. The molecule has 0 saturated heterocycles. The minimum atomic E-state index is -0.518. The highest BCUT2D eigenvalue weighted by Crippen LogP contribution is 2.25. The van der Waals surface area contributed by atoms with Crippen LogP contribution < -0.4 is 5.32 Å². The minimum Gasteiger partial charge on any atom is -0.372 e. The Morgan fingerprint density at radius 2 is 2.29 bits per heavy atom. The molecule has 0 bridgehead atoms. The Morgan fingerprint density at radius 1 is 1.52 bits per heavy atom. The monoisotopic (exact) mass is 286 g/mol. The molecule has 21 heavy (non-hydrogen) atoms. The van der Waals surface area contributed by atoms with Crippen LogP contribution >= 0.6 is 0 Å². The number of nitro benzene ring substituents is 1. The van der Waals surface area contributed by atoms with Crippen LogP contribution in [0.15, 0.2) is 24.5 Å². The van der Waals surface area contributed by atoms with E-state index >= 15 is 0 Å². The first-order valence-electron chi connectivity index (χ1n) is 6.33. The third-order valence-corrected chi connectivity index (χ3v) is 2.96. The number of nitrogens with one attached hydrogen (secondary N) is 1. The van der Waals surface area contributed by atoms with Crippen LogP contribution in [0.25, 0.3) is 0 Å². The van der Waals surface area contributed by atoms with Crippen molar-refractivity contribution in [1.29, 1.82) is 5.26 Å². The smallest absolute Gasteiger partial charge is 0.293 e. The Morgan fingerprint density at radius 3 is 2.90 bits per heavy atom. The summed E-state index contributed by atoms with van der Waals surface area (Å²) in [5.74, 6) is 0.684. The van der Waals surface area contributed by atoms with Crippen molar-refractivity contribution in [3.63, 3.8) is 0 Å². The van der Waals surface area contributed by atoms with Crippen LogP contribution in [-0.2, 0) is 6.54 Å². The second-order valence-corrected chi connectivity index (χ2v) is 4.70. The lowest BCUT2D eigenvalue weighted by Crippen LogP contribution is -2.11. The van der Waals surface area contributed by atoms with Crippen molar-refractivity contribution in [2.45, 2.75) is 26.4 Å². The van der Waals surface area contributed by atoms with E-state index in [2.05, 4.69) is 15.5 Å². The van der Waals surface area contributed by atoms with Gasteiger partial charge in [0, 0.05) is 12.1 Å². The topological polar surface area (TPSA) is 110 Å². The predicted molar refractivity (Wildman–Crippen MR) is 75.5 cm³/mol. The number of hydrogen-bond acceptors (Lipinski definition) is 6. The summed E-state index contributed by atoms with van der Waals surface area (Å²) in [6.07, 6.45) is 1.62. The van der Waals surface area contributed by atoms with E-state index in [9.17, 15) is 10.1 Å². The molecule has 8 heteroatoms. The molecule has 2 rings (SSSR count). The van der Waals surface area contributed by atoms with Crippen molar-refractivity contribution in [1.82, 2.24) is 14.8 Å². The Labute approximate surface area is 121 Å². The Bertz CT molecular complexity index is 701. The maximum atomic E-state index is 11.0. The Balaban J connectivity index is 2.22. The molecule has 0 atom stereocenters. The molecular weight excluding hydrogens is 272 g/mol. The van der Waals surface area contributed by atoms with Crippen molar-refractivity contribution >= 4 is 11.4 Å². The molecule has 1 aromatic heterocycles. The van der Waals surface area contributed by atoms with Crippen molar-refractivity contribution in [2.24, 2.45) is 0 Å². The van der Waals surface area contributed by atoms with Gasteiger partial charge in [0.2, 0.25) is 0 Å². The highest BCUT2D eigenvalue weighted by atomic mass is 16.6. The summed E-state index contributed by atoms with van der Waals surface area (Å²) < 4.78 is 1.88. The van der Waals surface area contributed by atoms with Gasteiger partial charge in [0.25, 0.3) is 5.69 Å². The van der Waals surface area contributed by atoms with Gasteiger partial charge in [-0.15, -0.1) is 10.2 Å². The zero-order valence-corrected chi connectivity index (χ0v) is 11.6. The summed E-state index contributed by atoms with van der Waals surface area (Å²) in [4.78, 5) is 10.5. The summed E-state index contributed by atoms with van der Waals surface area (Å²) in [5.41, 5.74) is 0.458. The lowest BCUT2D eigenvalue weighted by Gasteiger charge is -2.11. The number of hydrogen-bond donors (Lipinski definition) is 1. The molecule has 0 saturated carbocycles. The summed E-state index contributed by atoms with van der Waals surface area (Å²) in [5, 5.41) is 30.6. The maximum Gasteiger partial charge on any atom is 0.293 e. The molecule has 1 aromatic carbocycles. The first-order valence-corrected chi connectivity index (χ1v) is 6.33. The first kappa shape index (κ1) is 14.5. The van der Waals surface area contributed by atoms with Gasteiger partial charge in [-0.2, -0.15) is 5.26 Å². The summed E-state index contributed by atoms with van der Waals surface area (Å²) >= 11 is 0. The largest absolute Gasteiger partial charge is 0.372 e. The molecule has 0 aliphatic carbocycles. The lowest BCUT2D eigenvalue weighted by molar-refractivity contribution is -0.384. The van der Waals surface area contributed by atoms with Crippen LogP contribution in [0, 0.1) is 21.4 Å². The van der Waals surface area contributed by atoms with Crippen LogP contribution in [-0.4, -0.2) is 19.7 Å². The average molecular weight is 286 g/mol. The van der Waals surface area contributed by atoms with Gasteiger partial charge >= 0.3 is 0 Å². The minimum absolute atomic E-state index is 0.135. The number of benzene rings is 1. The fourth-order valence-electron chi connectivity index (χ4n) is 1.90. The molecule has 8 nitrogen and oxygen atoms in total. The van der Waals surface area contributed by atoms with Crippen LogP contribution in [0.4, 0.5) is 11.4 Å². The zero-order valence-electron chi connectivity index (χ0n) is 11.6. The number of nitriles is 1. The molecule has 0 fully saturated rings. The number of nitrogens with zero attached hydrogens (tertiary/aromatic N) is 5. The van der Waals surface area contributed by atoms with E-state index < -0.39 is 4.92 Å². The number of nitro groups is 1. The highest BCUT2D eigenvalue weighted by molar-refractivity contribution is 5.63. The van der Waals surface area contributed by atoms with Gasteiger partial charge in [-0.05, 0) is 26.0 Å². The maximum absolute atomic E-state index is 11.0. The van der Waals surface area contributed by atoms with Crippen molar-refractivity contribution in [3.8, 4) is 6.07 Å². The van der Waals surface area contributed by atoms with Crippen LogP contribution in [0.3, 0.4) is 0 Å². The molecule has 0 aliphatic rings. The van der Waals surface area contributed by atoms with Crippen LogP contribution in [0.5, 0.6) is 0 Å². The third kappa shape index (κ3) is 3.14. The number of aromatic nitrogens is 3. The van der Waals surface area contributed by atoms with Gasteiger partial charge in [0.05, 0.1) is 23.1 Å². The molecular formula is C13H14N6O2. The SMILES string of the molecule is CC(C)n1cnnc1CNc1ccc(C#N)cc1[N+](=O)[O-]. The third-order valence-electron chi connectivity index (χ3n) is 2.96. The van der Waals surface area contributed by atoms with Gasteiger partial charge < -0.3 is 9.88 Å².